The third-order valence-corrected chi connectivity index (χ3v) is 9.24. The van der Waals surface area contributed by atoms with E-state index in [-0.39, 0.29) is 77.5 Å². The van der Waals surface area contributed by atoms with Crippen molar-refractivity contribution >= 4 is 53.4 Å². The zero-order valence-corrected chi connectivity index (χ0v) is 44.4. The van der Waals surface area contributed by atoms with Crippen LogP contribution in [0.3, 0.4) is 0 Å². The SMILES string of the molecule is COCCOCCOCCC(=O)ON1C(=O)CCC1=O.COCCOCCOCCC(=O)Oc1c(F)c(F)c(F)c(F)c1F.COCCOCCOCCOC(=O)CCC(=O)O.COCCOCCOCCSCC(=O)O. The van der Waals surface area contributed by atoms with Crippen LogP contribution in [0.15, 0.2) is 0 Å². The number of nitrogens with zero attached hydrogens (tertiary/aromatic N) is 1. The molecule has 0 unspecified atom stereocenters. The highest BCUT2D eigenvalue weighted by molar-refractivity contribution is 7.99. The van der Waals surface area contributed by atoms with E-state index in [0.717, 1.165) is 0 Å². The molecular formula is C46H72F5NO24S. The predicted molar refractivity (Wildman–Crippen MR) is 255 cm³/mol. The second-order valence-electron chi connectivity index (χ2n) is 14.3. The van der Waals surface area contributed by atoms with Gasteiger partial charge in [0.2, 0.25) is 34.8 Å². The molecule has 0 aliphatic carbocycles. The van der Waals surface area contributed by atoms with Gasteiger partial charge in [-0.15, -0.1) is 16.8 Å². The molecule has 1 aromatic rings. The number of hydrogen-bond acceptors (Lipinski definition) is 23. The summed E-state index contributed by atoms with van der Waals surface area (Å²) < 4.78 is 134. The summed E-state index contributed by atoms with van der Waals surface area (Å²) in [5.74, 6) is -17.2. The number of halogens is 5. The van der Waals surface area contributed by atoms with Crippen LogP contribution >= 0.6 is 11.8 Å². The lowest BCUT2D eigenvalue weighted by molar-refractivity contribution is -0.198. The first-order valence-corrected chi connectivity index (χ1v) is 24.7. The Hall–Kier alpha value is -4.77. The van der Waals surface area contributed by atoms with Crippen molar-refractivity contribution < 1.29 is 137 Å². The Morgan fingerprint density at radius 2 is 0.779 bits per heavy atom. The van der Waals surface area contributed by atoms with Crippen molar-refractivity contribution in [2.24, 2.45) is 0 Å². The minimum atomic E-state index is -2.33. The molecule has 0 bridgehead atoms. The van der Waals surface area contributed by atoms with Gasteiger partial charge in [-0.2, -0.15) is 8.78 Å². The zero-order valence-electron chi connectivity index (χ0n) is 43.6. The molecule has 1 saturated heterocycles. The normalized spacial score (nSPS) is 11.7. The monoisotopic (exact) mass is 1150 g/mol. The summed E-state index contributed by atoms with van der Waals surface area (Å²) in [6.45, 7) is 8.00. The Bertz CT molecular complexity index is 1730. The van der Waals surface area contributed by atoms with Crippen LogP contribution in [0.1, 0.15) is 38.5 Å². The molecule has 2 N–H and O–H groups in total. The lowest BCUT2D eigenvalue weighted by atomic mass is 10.2. The molecule has 1 fully saturated rings. The maximum absolute atomic E-state index is 13.3. The highest BCUT2D eigenvalue weighted by atomic mass is 32.2. The van der Waals surface area contributed by atoms with Crippen LogP contribution in [0.5, 0.6) is 5.75 Å². The van der Waals surface area contributed by atoms with Gasteiger partial charge >= 0.3 is 29.8 Å². The Morgan fingerprint density at radius 1 is 0.429 bits per heavy atom. The van der Waals surface area contributed by atoms with E-state index in [2.05, 4.69) is 9.57 Å². The number of amides is 2. The van der Waals surface area contributed by atoms with Crippen molar-refractivity contribution in [1.82, 2.24) is 5.06 Å². The van der Waals surface area contributed by atoms with Gasteiger partial charge in [0, 0.05) is 47.0 Å². The number of esters is 2. The van der Waals surface area contributed by atoms with Gasteiger partial charge < -0.3 is 81.4 Å². The fourth-order valence-corrected chi connectivity index (χ4v) is 5.14. The average molecular weight is 1150 g/mol. The Morgan fingerprint density at radius 3 is 1.17 bits per heavy atom. The molecule has 2 rings (SSSR count). The van der Waals surface area contributed by atoms with Gasteiger partial charge in [0.05, 0.1) is 164 Å². The first-order chi connectivity index (χ1) is 37.0. The molecule has 0 aromatic heterocycles. The highest BCUT2D eigenvalue weighted by Gasteiger charge is 2.33. The van der Waals surface area contributed by atoms with Crippen LogP contribution in [0, 0.1) is 29.1 Å². The number of hydrogen-bond donors (Lipinski definition) is 2. The van der Waals surface area contributed by atoms with Gasteiger partial charge in [0.15, 0.2) is 0 Å². The number of hydroxylamine groups is 2. The van der Waals surface area contributed by atoms with Crippen LogP contribution in [0.4, 0.5) is 22.0 Å². The molecule has 25 nitrogen and oxygen atoms in total. The molecule has 1 heterocycles. The summed E-state index contributed by atoms with van der Waals surface area (Å²) >= 11 is 1.35. The number of carboxylic acid groups (broad SMARTS) is 2. The van der Waals surface area contributed by atoms with Gasteiger partial charge in [0.25, 0.3) is 11.8 Å². The molecule has 77 heavy (non-hydrogen) atoms. The van der Waals surface area contributed by atoms with Crippen molar-refractivity contribution in [3.63, 3.8) is 0 Å². The molecule has 0 spiro atoms. The van der Waals surface area contributed by atoms with Gasteiger partial charge in [-0.25, -0.2) is 18.0 Å². The second-order valence-corrected chi connectivity index (χ2v) is 15.5. The van der Waals surface area contributed by atoms with Crippen LogP contribution < -0.4 is 4.74 Å². The van der Waals surface area contributed by atoms with Gasteiger partial charge in [0.1, 0.15) is 6.61 Å². The number of methoxy groups -OCH3 is 4. The van der Waals surface area contributed by atoms with E-state index in [1.807, 2.05) is 0 Å². The topological polar surface area (TPSA) is 302 Å². The molecule has 1 aromatic carbocycles. The molecule has 1 aliphatic heterocycles. The van der Waals surface area contributed by atoms with Crippen molar-refractivity contribution in [2.75, 3.05) is 179 Å². The summed E-state index contributed by atoms with van der Waals surface area (Å²) in [5, 5.41) is 17.2. The lowest BCUT2D eigenvalue weighted by Gasteiger charge is -2.12. The first-order valence-electron chi connectivity index (χ1n) is 23.5. The summed E-state index contributed by atoms with van der Waals surface area (Å²) in [6.07, 6.45) is -0.641. The number of carboxylic acids is 2. The number of rotatable bonds is 43. The van der Waals surface area contributed by atoms with Gasteiger partial charge in [-0.1, -0.05) is 0 Å². The third-order valence-electron chi connectivity index (χ3n) is 8.33. The van der Waals surface area contributed by atoms with E-state index in [9.17, 15) is 55.5 Å². The number of carbonyl (C=O) groups excluding carboxylic acids is 5. The largest absolute Gasteiger partial charge is 0.481 e. The van der Waals surface area contributed by atoms with E-state index in [1.54, 1.807) is 21.3 Å². The first kappa shape index (κ1) is 74.3. The van der Waals surface area contributed by atoms with Crippen molar-refractivity contribution in [2.45, 2.75) is 38.5 Å². The molecule has 2 amide bonds. The Kier molecular flexibility index (Phi) is 50.1. The molecule has 1 aliphatic rings. The highest BCUT2D eigenvalue weighted by Crippen LogP contribution is 2.29. The third kappa shape index (κ3) is 43.9. The number of benzene rings is 1. The van der Waals surface area contributed by atoms with E-state index >= 15 is 0 Å². The Balaban J connectivity index is 0. The van der Waals surface area contributed by atoms with E-state index in [0.29, 0.717) is 110 Å². The zero-order chi connectivity index (χ0) is 57.9. The van der Waals surface area contributed by atoms with Crippen molar-refractivity contribution in [3.8, 4) is 5.75 Å². The number of imide groups is 1. The molecular weight excluding hydrogens is 1080 g/mol. The summed E-state index contributed by atoms with van der Waals surface area (Å²) in [6, 6.07) is 0. The fraction of sp³-hybridized carbons (Fsp3) is 0.717. The minimum absolute atomic E-state index is 0.0326. The maximum Gasteiger partial charge on any atom is 0.335 e. The molecule has 446 valence electrons. The van der Waals surface area contributed by atoms with E-state index in [1.165, 1.54) is 18.9 Å². The van der Waals surface area contributed by atoms with Crippen LogP contribution in [0.25, 0.3) is 0 Å². The fourth-order valence-electron chi connectivity index (χ4n) is 4.59. The number of carbonyl (C=O) groups is 7. The number of aliphatic carboxylic acids is 2. The van der Waals surface area contributed by atoms with Gasteiger partial charge in [-0.05, 0) is 0 Å². The number of thioether (sulfide) groups is 1. The van der Waals surface area contributed by atoms with E-state index in [4.69, 9.17) is 71.8 Å². The molecule has 0 atom stereocenters. The van der Waals surface area contributed by atoms with Gasteiger partial charge in [-0.3, -0.25) is 28.8 Å². The second kappa shape index (κ2) is 52.0. The van der Waals surface area contributed by atoms with Crippen LogP contribution in [0.2, 0.25) is 0 Å². The molecule has 31 heteroatoms. The average Bonchev–Trinajstić information content (AvgIpc) is 3.72. The minimum Gasteiger partial charge on any atom is -0.481 e. The quantitative estimate of drug-likeness (QED) is 0.0181. The Labute approximate surface area is 446 Å². The van der Waals surface area contributed by atoms with Crippen molar-refractivity contribution in [1.29, 1.82) is 0 Å². The van der Waals surface area contributed by atoms with E-state index < -0.39 is 82.9 Å². The molecule has 0 radical (unpaired) electrons. The molecule has 0 saturated carbocycles. The standard InChI is InChI=1S/C14H15F5O5.C12H19NO7.C11H20O7.C9H18O5S/c1-21-4-5-23-7-6-22-3-2-8(20)24-14-12(18)10(16)9(15)11(17)13(14)19;1-17-6-7-19-9-8-18-5-4-12(16)20-13-10(14)2-3-11(13)15;1-15-4-5-16-6-7-17-8-9-18-11(14)3-2-10(12)13;1-12-2-3-13-4-5-14-6-7-15-8-9(10)11/h2-7H2,1H3;2-9H2,1H3;2-9H2,1H3,(H,12,13);2-8H2,1H3,(H,10,11). The lowest BCUT2D eigenvalue weighted by Crippen LogP contribution is -2.32. The predicted octanol–water partition coefficient (Wildman–Crippen LogP) is 2.58. The summed E-state index contributed by atoms with van der Waals surface area (Å²) in [4.78, 5) is 81.1. The summed E-state index contributed by atoms with van der Waals surface area (Å²) in [5.41, 5.74) is 0. The van der Waals surface area contributed by atoms with Crippen LogP contribution in [-0.2, 0) is 100.0 Å². The van der Waals surface area contributed by atoms with Crippen molar-refractivity contribution in [3.05, 3.63) is 29.1 Å². The smallest absolute Gasteiger partial charge is 0.335 e. The summed E-state index contributed by atoms with van der Waals surface area (Å²) in [7, 11) is 6.31. The number of ether oxygens (including phenoxy) is 14. The van der Waals surface area contributed by atoms with Crippen LogP contribution in [-0.4, -0.2) is 236 Å². The maximum atomic E-state index is 13.3.